The monoisotopic (exact) mass is 217 g/mol. The Bertz CT molecular complexity index is 447. The molecule has 0 amide bonds. The molecule has 0 aliphatic carbocycles. The summed E-state index contributed by atoms with van der Waals surface area (Å²) in [7, 11) is 0. The van der Waals surface area contributed by atoms with Crippen molar-refractivity contribution in [2.45, 2.75) is 13.5 Å². The number of aromatic amines is 1. The first-order valence-corrected chi connectivity index (χ1v) is 5.82. The van der Waals surface area contributed by atoms with Crippen LogP contribution in [0.15, 0.2) is 30.5 Å². The van der Waals surface area contributed by atoms with Gasteiger partial charge < -0.3 is 10.7 Å². The molecule has 2 aromatic rings. The van der Waals surface area contributed by atoms with E-state index in [-0.39, 0.29) is 0 Å². The Morgan fingerprint density at radius 3 is 2.94 bits per heavy atom. The average Bonchev–Trinajstić information content (AvgIpc) is 2.75. The van der Waals surface area contributed by atoms with Gasteiger partial charge >= 0.3 is 0 Å². The molecule has 0 saturated carbocycles. The molecule has 0 unspecified atom stereocenters. The zero-order valence-electron chi connectivity index (χ0n) is 9.74. The summed E-state index contributed by atoms with van der Waals surface area (Å²) in [6, 6.07) is 8.66. The number of likely N-dealkylation sites (N-methyl/N-ethyl adjacent to an activating group) is 1. The van der Waals surface area contributed by atoms with E-state index in [0.717, 1.165) is 26.2 Å². The van der Waals surface area contributed by atoms with Crippen molar-refractivity contribution in [1.82, 2.24) is 9.88 Å². The van der Waals surface area contributed by atoms with Crippen molar-refractivity contribution >= 4 is 10.9 Å². The van der Waals surface area contributed by atoms with Crippen LogP contribution in [-0.4, -0.2) is 29.5 Å². The van der Waals surface area contributed by atoms with Gasteiger partial charge in [0.05, 0.1) is 0 Å². The number of nitrogens with one attached hydrogen (secondary N) is 1. The summed E-state index contributed by atoms with van der Waals surface area (Å²) >= 11 is 0. The van der Waals surface area contributed by atoms with Crippen molar-refractivity contribution in [2.24, 2.45) is 5.73 Å². The van der Waals surface area contributed by atoms with Gasteiger partial charge in [-0.05, 0) is 29.6 Å². The van der Waals surface area contributed by atoms with Crippen LogP contribution in [0.5, 0.6) is 0 Å². The van der Waals surface area contributed by atoms with Crippen molar-refractivity contribution < 1.29 is 0 Å². The Morgan fingerprint density at radius 2 is 2.19 bits per heavy atom. The number of nitrogens with two attached hydrogens (primary N) is 1. The lowest BCUT2D eigenvalue weighted by Gasteiger charge is -2.19. The van der Waals surface area contributed by atoms with Crippen LogP contribution < -0.4 is 5.73 Å². The quantitative estimate of drug-likeness (QED) is 0.804. The molecule has 0 aliphatic rings. The maximum Gasteiger partial charge on any atom is 0.0457 e. The predicted octanol–water partition coefficient (Wildman–Crippen LogP) is 1.95. The van der Waals surface area contributed by atoms with Gasteiger partial charge in [0.25, 0.3) is 0 Å². The van der Waals surface area contributed by atoms with Crippen LogP contribution in [0.25, 0.3) is 10.9 Å². The normalized spacial score (nSPS) is 11.4. The Balaban J connectivity index is 2.13. The Hall–Kier alpha value is -1.32. The summed E-state index contributed by atoms with van der Waals surface area (Å²) in [5.41, 5.74) is 8.13. The standard InChI is InChI=1S/C13H19N3/c1-2-16(8-6-14)10-11-3-4-12-5-7-15-13(12)9-11/h3-5,7,9,15H,2,6,8,10,14H2,1H3. The van der Waals surface area contributed by atoms with Gasteiger partial charge in [0.2, 0.25) is 0 Å². The van der Waals surface area contributed by atoms with Crippen LogP contribution in [0.3, 0.4) is 0 Å². The molecule has 3 heteroatoms. The summed E-state index contributed by atoms with van der Waals surface area (Å²) in [6.45, 7) is 5.86. The summed E-state index contributed by atoms with van der Waals surface area (Å²) in [5, 5.41) is 1.27. The van der Waals surface area contributed by atoms with E-state index in [1.165, 1.54) is 16.5 Å². The molecule has 0 bridgehead atoms. The number of H-pyrrole nitrogens is 1. The van der Waals surface area contributed by atoms with Crippen molar-refractivity contribution in [3.8, 4) is 0 Å². The largest absolute Gasteiger partial charge is 0.361 e. The number of aromatic nitrogens is 1. The highest BCUT2D eigenvalue weighted by Crippen LogP contribution is 2.15. The van der Waals surface area contributed by atoms with Gasteiger partial charge in [0, 0.05) is 31.3 Å². The summed E-state index contributed by atoms with van der Waals surface area (Å²) in [4.78, 5) is 5.59. The highest BCUT2D eigenvalue weighted by molar-refractivity contribution is 5.79. The van der Waals surface area contributed by atoms with E-state index in [2.05, 4.69) is 41.1 Å². The van der Waals surface area contributed by atoms with Gasteiger partial charge in [0.1, 0.15) is 0 Å². The SMILES string of the molecule is CCN(CCN)Cc1ccc2cc[nH]c2c1. The van der Waals surface area contributed by atoms with Crippen LogP contribution in [0.4, 0.5) is 0 Å². The number of hydrogen-bond acceptors (Lipinski definition) is 2. The van der Waals surface area contributed by atoms with Crippen molar-refractivity contribution in [3.05, 3.63) is 36.0 Å². The molecular weight excluding hydrogens is 198 g/mol. The minimum atomic E-state index is 0.721. The molecule has 2 rings (SSSR count). The van der Waals surface area contributed by atoms with E-state index < -0.39 is 0 Å². The first-order valence-electron chi connectivity index (χ1n) is 5.82. The fraction of sp³-hybridized carbons (Fsp3) is 0.385. The van der Waals surface area contributed by atoms with Gasteiger partial charge in [-0.3, -0.25) is 4.90 Å². The van der Waals surface area contributed by atoms with Gasteiger partial charge in [-0.2, -0.15) is 0 Å². The van der Waals surface area contributed by atoms with E-state index in [0.29, 0.717) is 0 Å². The molecule has 0 spiro atoms. The molecule has 0 aliphatic heterocycles. The Kier molecular flexibility index (Phi) is 3.59. The maximum atomic E-state index is 5.58. The van der Waals surface area contributed by atoms with Crippen LogP contribution in [0.1, 0.15) is 12.5 Å². The molecule has 3 nitrogen and oxygen atoms in total. The van der Waals surface area contributed by atoms with Crippen LogP contribution >= 0.6 is 0 Å². The molecule has 1 aromatic heterocycles. The third-order valence-corrected chi connectivity index (χ3v) is 2.92. The van der Waals surface area contributed by atoms with E-state index in [1.54, 1.807) is 0 Å². The molecule has 0 atom stereocenters. The molecule has 1 heterocycles. The van der Waals surface area contributed by atoms with Crippen molar-refractivity contribution in [2.75, 3.05) is 19.6 Å². The predicted molar refractivity (Wildman–Crippen MR) is 68.3 cm³/mol. The number of hydrogen-bond donors (Lipinski definition) is 2. The number of benzene rings is 1. The molecule has 0 radical (unpaired) electrons. The minimum absolute atomic E-state index is 0.721. The summed E-state index contributed by atoms with van der Waals surface area (Å²) < 4.78 is 0. The third kappa shape index (κ3) is 2.43. The highest BCUT2D eigenvalue weighted by Gasteiger charge is 2.03. The number of fused-ring (bicyclic) bond motifs is 1. The first-order chi connectivity index (χ1) is 7.83. The van der Waals surface area contributed by atoms with Crippen LogP contribution in [0, 0.1) is 0 Å². The molecule has 1 aromatic carbocycles. The molecule has 16 heavy (non-hydrogen) atoms. The highest BCUT2D eigenvalue weighted by atomic mass is 15.1. The first kappa shape index (κ1) is 11.2. The zero-order valence-corrected chi connectivity index (χ0v) is 9.74. The van der Waals surface area contributed by atoms with Gasteiger partial charge in [-0.15, -0.1) is 0 Å². The Labute approximate surface area is 96.2 Å². The topological polar surface area (TPSA) is 45.0 Å². The second kappa shape index (κ2) is 5.14. The molecule has 0 fully saturated rings. The summed E-state index contributed by atoms with van der Waals surface area (Å²) in [6.07, 6.45) is 1.98. The fourth-order valence-corrected chi connectivity index (χ4v) is 1.98. The second-order valence-corrected chi connectivity index (χ2v) is 4.06. The average molecular weight is 217 g/mol. The van der Waals surface area contributed by atoms with Gasteiger partial charge in [0.15, 0.2) is 0 Å². The minimum Gasteiger partial charge on any atom is -0.361 e. The molecule has 0 saturated heterocycles. The third-order valence-electron chi connectivity index (χ3n) is 2.92. The number of rotatable bonds is 5. The lowest BCUT2D eigenvalue weighted by molar-refractivity contribution is 0.288. The lowest BCUT2D eigenvalue weighted by atomic mass is 10.1. The smallest absolute Gasteiger partial charge is 0.0457 e. The molecular formula is C13H19N3. The fourth-order valence-electron chi connectivity index (χ4n) is 1.98. The number of nitrogens with zero attached hydrogens (tertiary/aromatic N) is 1. The second-order valence-electron chi connectivity index (χ2n) is 4.06. The van der Waals surface area contributed by atoms with Gasteiger partial charge in [-0.1, -0.05) is 19.1 Å². The van der Waals surface area contributed by atoms with Crippen LogP contribution in [-0.2, 0) is 6.54 Å². The Morgan fingerprint density at radius 1 is 1.31 bits per heavy atom. The van der Waals surface area contributed by atoms with Crippen molar-refractivity contribution in [1.29, 1.82) is 0 Å². The van der Waals surface area contributed by atoms with Crippen molar-refractivity contribution in [3.63, 3.8) is 0 Å². The van der Waals surface area contributed by atoms with Gasteiger partial charge in [-0.25, -0.2) is 0 Å². The van der Waals surface area contributed by atoms with E-state index in [4.69, 9.17) is 5.73 Å². The van der Waals surface area contributed by atoms with Crippen LogP contribution in [0.2, 0.25) is 0 Å². The zero-order chi connectivity index (χ0) is 11.4. The van der Waals surface area contributed by atoms with E-state index >= 15 is 0 Å². The lowest BCUT2D eigenvalue weighted by Crippen LogP contribution is -2.28. The molecule has 3 N–H and O–H groups in total. The van der Waals surface area contributed by atoms with E-state index in [9.17, 15) is 0 Å². The summed E-state index contributed by atoms with van der Waals surface area (Å²) in [5.74, 6) is 0. The molecule has 86 valence electrons. The maximum absolute atomic E-state index is 5.58. The van der Waals surface area contributed by atoms with E-state index in [1.807, 2.05) is 6.20 Å².